The van der Waals surface area contributed by atoms with Crippen molar-refractivity contribution < 1.29 is 9.18 Å². The number of halogens is 2. The van der Waals surface area contributed by atoms with Crippen molar-refractivity contribution in [2.24, 2.45) is 0 Å². The number of carbonyl (C=O) groups excluding carboxylic acids is 1. The van der Waals surface area contributed by atoms with Gasteiger partial charge in [0.2, 0.25) is 0 Å². The van der Waals surface area contributed by atoms with Gasteiger partial charge in [-0.3, -0.25) is 0 Å². The third-order valence-electron chi connectivity index (χ3n) is 4.63. The molecule has 0 unspecified atom stereocenters. The van der Waals surface area contributed by atoms with Crippen LogP contribution >= 0.6 is 11.6 Å². The van der Waals surface area contributed by atoms with Gasteiger partial charge in [0, 0.05) is 30.2 Å². The summed E-state index contributed by atoms with van der Waals surface area (Å²) in [5.74, 6) is 0.468. The number of aromatic nitrogens is 1. The van der Waals surface area contributed by atoms with Gasteiger partial charge in [-0.15, -0.1) is 0 Å². The molecule has 0 bridgehead atoms. The minimum atomic E-state index is -0.339. The quantitative estimate of drug-likeness (QED) is 0.657. The van der Waals surface area contributed by atoms with Gasteiger partial charge in [-0.25, -0.2) is 14.2 Å². The van der Waals surface area contributed by atoms with E-state index in [9.17, 15) is 9.18 Å². The number of pyridine rings is 1. The van der Waals surface area contributed by atoms with Crippen molar-refractivity contribution >= 4 is 39.9 Å². The summed E-state index contributed by atoms with van der Waals surface area (Å²) in [5, 5.41) is 8.11. The number of nitrogens with one attached hydrogen (secondary N) is 2. The predicted molar refractivity (Wildman–Crippen MR) is 106 cm³/mol. The lowest BCUT2D eigenvalue weighted by molar-refractivity contribution is 0.249. The number of amides is 2. The number of hydrogen-bond donors (Lipinski definition) is 2. The van der Waals surface area contributed by atoms with Gasteiger partial charge in [0.1, 0.15) is 16.8 Å². The van der Waals surface area contributed by atoms with Gasteiger partial charge in [0.15, 0.2) is 0 Å². The molecule has 2 aromatic carbocycles. The highest BCUT2D eigenvalue weighted by molar-refractivity contribution is 6.34. The first-order valence-electron chi connectivity index (χ1n) is 8.72. The third kappa shape index (κ3) is 3.95. The molecule has 5 nitrogen and oxygen atoms in total. The molecule has 0 spiro atoms. The molecule has 1 aromatic heterocycles. The first-order valence-corrected chi connectivity index (χ1v) is 9.09. The zero-order chi connectivity index (χ0) is 18.8. The first-order chi connectivity index (χ1) is 13.1. The van der Waals surface area contributed by atoms with Crippen LogP contribution in [0.15, 0.2) is 54.6 Å². The monoisotopic (exact) mass is 384 g/mol. The van der Waals surface area contributed by atoms with Crippen LogP contribution in [-0.4, -0.2) is 30.1 Å². The summed E-state index contributed by atoms with van der Waals surface area (Å²) in [4.78, 5) is 18.8. The maximum absolute atomic E-state index is 12.9. The highest BCUT2D eigenvalue weighted by Gasteiger charge is 2.25. The number of nitrogens with zero attached hydrogens (tertiary/aromatic N) is 2. The summed E-state index contributed by atoms with van der Waals surface area (Å²) in [6, 6.07) is 15.2. The Hall–Kier alpha value is -2.86. The smallest absolute Gasteiger partial charge is 0.319 e. The van der Waals surface area contributed by atoms with Gasteiger partial charge in [-0.05, 0) is 42.1 Å². The summed E-state index contributed by atoms with van der Waals surface area (Å²) in [7, 11) is 0. The molecular weight excluding hydrogens is 367 g/mol. The minimum absolute atomic E-state index is 0.00232. The Kier molecular flexibility index (Phi) is 4.81. The van der Waals surface area contributed by atoms with Crippen LogP contribution in [0.2, 0.25) is 5.15 Å². The van der Waals surface area contributed by atoms with E-state index in [1.807, 2.05) is 30.3 Å². The topological polar surface area (TPSA) is 57.3 Å². The second kappa shape index (κ2) is 7.40. The van der Waals surface area contributed by atoms with Crippen LogP contribution in [-0.2, 0) is 0 Å². The lowest BCUT2D eigenvalue weighted by Gasteiger charge is -2.19. The number of anilines is 2. The molecule has 1 atom stereocenters. The molecule has 2 amide bonds. The van der Waals surface area contributed by atoms with Crippen molar-refractivity contribution in [3.8, 4) is 0 Å². The van der Waals surface area contributed by atoms with Crippen LogP contribution in [0.5, 0.6) is 0 Å². The van der Waals surface area contributed by atoms with E-state index in [4.69, 9.17) is 11.6 Å². The Balaban J connectivity index is 1.40. The van der Waals surface area contributed by atoms with Crippen molar-refractivity contribution in [3.63, 3.8) is 0 Å². The molecule has 138 valence electrons. The van der Waals surface area contributed by atoms with Crippen LogP contribution < -0.4 is 15.5 Å². The van der Waals surface area contributed by atoms with E-state index in [0.717, 1.165) is 29.6 Å². The second-order valence-electron chi connectivity index (χ2n) is 6.53. The minimum Gasteiger partial charge on any atom is -0.354 e. The van der Waals surface area contributed by atoms with Gasteiger partial charge < -0.3 is 15.5 Å². The van der Waals surface area contributed by atoms with Gasteiger partial charge in [-0.2, -0.15) is 0 Å². The van der Waals surface area contributed by atoms with E-state index in [1.54, 1.807) is 0 Å². The highest BCUT2D eigenvalue weighted by Crippen LogP contribution is 2.28. The Morgan fingerprint density at radius 1 is 1.19 bits per heavy atom. The normalized spacial score (nSPS) is 16.5. The van der Waals surface area contributed by atoms with E-state index < -0.39 is 0 Å². The molecule has 2 heterocycles. The maximum atomic E-state index is 12.9. The number of urea groups is 1. The van der Waals surface area contributed by atoms with E-state index in [0.29, 0.717) is 17.4 Å². The zero-order valence-electron chi connectivity index (χ0n) is 14.5. The molecule has 1 fully saturated rings. The molecule has 27 heavy (non-hydrogen) atoms. The maximum Gasteiger partial charge on any atom is 0.319 e. The number of fused-ring (bicyclic) bond motifs is 1. The fourth-order valence-corrected chi connectivity index (χ4v) is 3.54. The lowest BCUT2D eigenvalue weighted by atomic mass is 10.2. The molecule has 3 aromatic rings. The predicted octanol–water partition coefficient (Wildman–Crippen LogP) is 4.43. The fraction of sp³-hybridized carbons (Fsp3) is 0.200. The lowest BCUT2D eigenvalue weighted by Crippen LogP contribution is -2.39. The molecule has 2 N–H and O–H groups in total. The average Bonchev–Trinajstić information content (AvgIpc) is 3.12. The number of benzene rings is 2. The third-order valence-corrected chi connectivity index (χ3v) is 4.92. The van der Waals surface area contributed by atoms with Crippen molar-refractivity contribution in [2.75, 3.05) is 23.3 Å². The van der Waals surface area contributed by atoms with E-state index in [-0.39, 0.29) is 17.9 Å². The van der Waals surface area contributed by atoms with Crippen LogP contribution in [0.1, 0.15) is 6.42 Å². The Labute approximate surface area is 161 Å². The Morgan fingerprint density at radius 3 is 2.78 bits per heavy atom. The van der Waals surface area contributed by atoms with Crippen LogP contribution in [0.3, 0.4) is 0 Å². The standard InChI is InChI=1S/C20H18ClFN4O/c21-19-17-4-2-1-3-13(17)11-18(25-19)26-10-9-16(12-26)24-20(27)23-15-7-5-14(22)6-8-15/h1-8,11,16H,9-10,12H2,(H2,23,24,27)/t16-/m1/s1. The van der Waals surface area contributed by atoms with E-state index >= 15 is 0 Å². The summed E-state index contributed by atoms with van der Waals surface area (Å²) >= 11 is 6.32. The molecule has 4 rings (SSSR count). The molecule has 1 aliphatic rings. The average molecular weight is 385 g/mol. The molecule has 0 aliphatic carbocycles. The van der Waals surface area contributed by atoms with E-state index in [1.165, 1.54) is 24.3 Å². The summed E-state index contributed by atoms with van der Waals surface area (Å²) in [6.45, 7) is 1.43. The summed E-state index contributed by atoms with van der Waals surface area (Å²) in [6.07, 6.45) is 0.808. The number of carbonyl (C=O) groups is 1. The van der Waals surface area contributed by atoms with Crippen LogP contribution in [0.4, 0.5) is 20.7 Å². The second-order valence-corrected chi connectivity index (χ2v) is 6.89. The van der Waals surface area contributed by atoms with E-state index in [2.05, 4.69) is 20.5 Å². The van der Waals surface area contributed by atoms with Crippen molar-refractivity contribution in [1.29, 1.82) is 0 Å². The fourth-order valence-electron chi connectivity index (χ4n) is 3.28. The highest BCUT2D eigenvalue weighted by atomic mass is 35.5. The molecule has 0 radical (unpaired) electrons. The zero-order valence-corrected chi connectivity index (χ0v) is 15.2. The van der Waals surface area contributed by atoms with Gasteiger partial charge in [0.25, 0.3) is 0 Å². The van der Waals surface area contributed by atoms with Crippen molar-refractivity contribution in [3.05, 3.63) is 65.6 Å². The largest absolute Gasteiger partial charge is 0.354 e. The molecule has 7 heteroatoms. The van der Waals surface area contributed by atoms with Crippen LogP contribution in [0, 0.1) is 5.82 Å². The summed E-state index contributed by atoms with van der Waals surface area (Å²) in [5.41, 5.74) is 0.548. The van der Waals surface area contributed by atoms with Gasteiger partial charge in [0.05, 0.1) is 0 Å². The number of rotatable bonds is 3. The summed E-state index contributed by atoms with van der Waals surface area (Å²) < 4.78 is 12.9. The number of hydrogen-bond acceptors (Lipinski definition) is 3. The molecule has 1 aliphatic heterocycles. The van der Waals surface area contributed by atoms with Crippen molar-refractivity contribution in [2.45, 2.75) is 12.5 Å². The van der Waals surface area contributed by atoms with Gasteiger partial charge in [-0.1, -0.05) is 35.9 Å². The Bertz CT molecular complexity index is 979. The van der Waals surface area contributed by atoms with Gasteiger partial charge >= 0.3 is 6.03 Å². The molecular formula is C20H18ClFN4O. The first kappa shape index (κ1) is 17.5. The van der Waals surface area contributed by atoms with Crippen molar-refractivity contribution in [1.82, 2.24) is 10.3 Å². The molecule has 0 saturated carbocycles. The van der Waals surface area contributed by atoms with Crippen LogP contribution in [0.25, 0.3) is 10.8 Å². The molecule has 1 saturated heterocycles. The SMILES string of the molecule is O=C(Nc1ccc(F)cc1)N[C@@H]1CCN(c2cc3ccccc3c(Cl)n2)C1. The Morgan fingerprint density at radius 2 is 1.96 bits per heavy atom.